The van der Waals surface area contributed by atoms with Crippen LogP contribution >= 0.6 is 46.4 Å². The van der Waals surface area contributed by atoms with E-state index in [0.29, 0.717) is 0 Å². The fourth-order valence-electron chi connectivity index (χ4n) is 1.95. The fourth-order valence-corrected chi connectivity index (χ4v) is 3.90. The number of rotatable bonds is 0. The summed E-state index contributed by atoms with van der Waals surface area (Å²) < 4.78 is 0. The molecule has 0 spiro atoms. The van der Waals surface area contributed by atoms with Crippen LogP contribution < -0.4 is 0 Å². The van der Waals surface area contributed by atoms with Crippen LogP contribution in [0.2, 0.25) is 0 Å². The van der Waals surface area contributed by atoms with E-state index in [0.717, 1.165) is 0 Å². The van der Waals surface area contributed by atoms with Crippen molar-refractivity contribution in [3.63, 3.8) is 0 Å². The molecular formula is C8H8Cl4. The molecule has 2 rings (SSSR count). The number of fused-ring (bicyclic) bond motifs is 1. The van der Waals surface area contributed by atoms with Gasteiger partial charge in [0.25, 0.3) is 0 Å². The molecule has 1 saturated carbocycles. The zero-order chi connectivity index (χ0) is 8.88. The highest BCUT2D eigenvalue weighted by Gasteiger charge is 2.54. The second kappa shape index (κ2) is 3.24. The average molecular weight is 246 g/mol. The summed E-state index contributed by atoms with van der Waals surface area (Å²) in [5.74, 6) is 0.506. The lowest BCUT2D eigenvalue weighted by Crippen LogP contribution is -2.57. The first-order valence-corrected chi connectivity index (χ1v) is 5.62. The summed E-state index contributed by atoms with van der Waals surface area (Å²) >= 11 is 24.1. The highest BCUT2D eigenvalue weighted by atomic mass is 35.5. The van der Waals surface area contributed by atoms with Gasteiger partial charge in [0.1, 0.15) is 0 Å². The van der Waals surface area contributed by atoms with Crippen LogP contribution in [0, 0.1) is 11.8 Å². The van der Waals surface area contributed by atoms with Gasteiger partial charge in [0.15, 0.2) is 0 Å². The van der Waals surface area contributed by atoms with Crippen molar-refractivity contribution < 1.29 is 0 Å². The average Bonchev–Trinajstić information content (AvgIpc) is 2.07. The molecule has 0 aromatic heterocycles. The number of halogens is 4. The van der Waals surface area contributed by atoms with E-state index in [4.69, 9.17) is 46.4 Å². The summed E-state index contributed by atoms with van der Waals surface area (Å²) in [6.45, 7) is 0. The molecule has 0 aromatic rings. The lowest BCUT2D eigenvalue weighted by atomic mass is 9.66. The van der Waals surface area contributed by atoms with Crippen molar-refractivity contribution in [1.82, 2.24) is 0 Å². The standard InChI is InChI=1S/C8H8Cl4/c9-3-1-2-4(10)6-5(3)7(11)8(6)12/h1-8H/t3-,4+,5-,6-,7+,8-/m1/s1. The number of allylic oxidation sites excluding steroid dienone is 2. The van der Waals surface area contributed by atoms with Crippen molar-refractivity contribution in [2.75, 3.05) is 0 Å². The molecular weight excluding hydrogens is 238 g/mol. The molecule has 12 heavy (non-hydrogen) atoms. The molecule has 4 heteroatoms. The minimum atomic E-state index is -0.0228. The third-order valence-corrected chi connectivity index (χ3v) is 4.82. The second-order valence-corrected chi connectivity index (χ2v) is 5.33. The molecule has 2 aliphatic carbocycles. The second-order valence-electron chi connectivity index (χ2n) is 3.32. The molecule has 0 heterocycles. The van der Waals surface area contributed by atoms with E-state index >= 15 is 0 Å². The van der Waals surface area contributed by atoms with Gasteiger partial charge in [-0.1, -0.05) is 12.2 Å². The molecule has 0 N–H and O–H groups in total. The third kappa shape index (κ3) is 1.19. The van der Waals surface area contributed by atoms with E-state index in [9.17, 15) is 0 Å². The first-order valence-electron chi connectivity index (χ1n) is 3.87. The van der Waals surface area contributed by atoms with Crippen LogP contribution in [-0.2, 0) is 0 Å². The predicted molar refractivity (Wildman–Crippen MR) is 54.7 cm³/mol. The quantitative estimate of drug-likeness (QED) is 0.454. The van der Waals surface area contributed by atoms with E-state index in [1.807, 2.05) is 12.2 Å². The molecule has 0 unspecified atom stereocenters. The van der Waals surface area contributed by atoms with E-state index in [-0.39, 0.29) is 33.3 Å². The van der Waals surface area contributed by atoms with Crippen molar-refractivity contribution in [1.29, 1.82) is 0 Å². The Labute approximate surface area is 91.8 Å². The van der Waals surface area contributed by atoms with Gasteiger partial charge >= 0.3 is 0 Å². The van der Waals surface area contributed by atoms with Crippen molar-refractivity contribution in [3.8, 4) is 0 Å². The van der Waals surface area contributed by atoms with Crippen LogP contribution in [0.5, 0.6) is 0 Å². The van der Waals surface area contributed by atoms with Crippen LogP contribution in [0.3, 0.4) is 0 Å². The van der Waals surface area contributed by atoms with Gasteiger partial charge in [0.2, 0.25) is 0 Å². The first-order chi connectivity index (χ1) is 5.63. The molecule has 2 aliphatic rings. The van der Waals surface area contributed by atoms with Crippen LogP contribution in [0.25, 0.3) is 0 Å². The van der Waals surface area contributed by atoms with Crippen molar-refractivity contribution in [2.45, 2.75) is 21.5 Å². The molecule has 0 nitrogen and oxygen atoms in total. The third-order valence-electron chi connectivity index (χ3n) is 2.70. The summed E-state index contributed by atoms with van der Waals surface area (Å²) in [6, 6.07) is 0. The molecule has 0 bridgehead atoms. The molecule has 1 fully saturated rings. The first kappa shape index (κ1) is 9.45. The number of alkyl halides is 4. The summed E-state index contributed by atoms with van der Waals surface area (Å²) in [6.07, 6.45) is 3.83. The summed E-state index contributed by atoms with van der Waals surface area (Å²) in [4.78, 5) is 0. The predicted octanol–water partition coefficient (Wildman–Crippen LogP) is 3.23. The summed E-state index contributed by atoms with van der Waals surface area (Å²) in [5, 5.41) is -0.0410. The fraction of sp³-hybridized carbons (Fsp3) is 0.750. The number of hydrogen-bond donors (Lipinski definition) is 0. The highest BCUT2D eigenvalue weighted by Crippen LogP contribution is 2.51. The van der Waals surface area contributed by atoms with Crippen LogP contribution in [-0.4, -0.2) is 21.5 Å². The van der Waals surface area contributed by atoms with Gasteiger partial charge in [0.05, 0.1) is 21.5 Å². The Bertz CT molecular complexity index is 193. The van der Waals surface area contributed by atoms with E-state index < -0.39 is 0 Å². The Hall–Kier alpha value is 0.900. The lowest BCUT2D eigenvalue weighted by Gasteiger charge is -2.51. The van der Waals surface area contributed by atoms with Gasteiger partial charge in [-0.2, -0.15) is 0 Å². The Morgan fingerprint density at radius 1 is 0.667 bits per heavy atom. The minimum absolute atomic E-state index is 0.00231. The molecule has 0 radical (unpaired) electrons. The lowest BCUT2D eigenvalue weighted by molar-refractivity contribution is 0.194. The Balaban J connectivity index is 2.20. The van der Waals surface area contributed by atoms with E-state index in [1.165, 1.54) is 0 Å². The molecule has 68 valence electrons. The smallest absolute Gasteiger partial charge is 0.0563 e. The van der Waals surface area contributed by atoms with Crippen molar-refractivity contribution >= 4 is 46.4 Å². The highest BCUT2D eigenvalue weighted by molar-refractivity contribution is 6.34. The molecule has 0 saturated heterocycles. The van der Waals surface area contributed by atoms with Gasteiger partial charge in [-0.05, 0) is 0 Å². The van der Waals surface area contributed by atoms with Crippen molar-refractivity contribution in [3.05, 3.63) is 12.2 Å². The molecule has 0 amide bonds. The Kier molecular flexibility index (Phi) is 2.55. The SMILES string of the molecule is Cl[C@@H]1[C@H](Cl)[C@H]2[C@H]1[C@H](Cl)C=C[C@@H]2Cl. The van der Waals surface area contributed by atoms with Gasteiger partial charge in [-0.3, -0.25) is 0 Å². The maximum Gasteiger partial charge on any atom is 0.0563 e. The summed E-state index contributed by atoms with van der Waals surface area (Å²) in [7, 11) is 0. The van der Waals surface area contributed by atoms with Crippen LogP contribution in [0.1, 0.15) is 0 Å². The van der Waals surface area contributed by atoms with Gasteiger partial charge in [-0.25, -0.2) is 0 Å². The molecule has 0 aliphatic heterocycles. The van der Waals surface area contributed by atoms with Crippen molar-refractivity contribution in [2.24, 2.45) is 11.8 Å². The maximum absolute atomic E-state index is 6.05. The molecule has 6 atom stereocenters. The normalized spacial score (nSPS) is 57.7. The summed E-state index contributed by atoms with van der Waals surface area (Å²) in [5.41, 5.74) is 0. The molecule has 0 aromatic carbocycles. The van der Waals surface area contributed by atoms with Crippen LogP contribution in [0.15, 0.2) is 12.2 Å². The van der Waals surface area contributed by atoms with Gasteiger partial charge < -0.3 is 0 Å². The Morgan fingerprint density at radius 3 is 1.33 bits per heavy atom. The van der Waals surface area contributed by atoms with Gasteiger partial charge in [-0.15, -0.1) is 46.4 Å². The van der Waals surface area contributed by atoms with Crippen LogP contribution in [0.4, 0.5) is 0 Å². The minimum Gasteiger partial charge on any atom is -0.121 e. The van der Waals surface area contributed by atoms with Gasteiger partial charge in [0, 0.05) is 11.8 Å². The zero-order valence-corrected chi connectivity index (χ0v) is 9.15. The van der Waals surface area contributed by atoms with E-state index in [1.54, 1.807) is 0 Å². The largest absolute Gasteiger partial charge is 0.121 e. The zero-order valence-electron chi connectivity index (χ0n) is 6.13. The topological polar surface area (TPSA) is 0 Å². The maximum atomic E-state index is 6.05. The Morgan fingerprint density at radius 2 is 1.00 bits per heavy atom. The monoisotopic (exact) mass is 244 g/mol. The van der Waals surface area contributed by atoms with E-state index in [2.05, 4.69) is 0 Å². The number of hydrogen-bond acceptors (Lipinski definition) is 0.